The zero-order valence-electron chi connectivity index (χ0n) is 17.1. The van der Waals surface area contributed by atoms with Gasteiger partial charge in [-0.15, -0.1) is 11.3 Å². The van der Waals surface area contributed by atoms with Crippen molar-refractivity contribution in [2.24, 2.45) is 0 Å². The van der Waals surface area contributed by atoms with Gasteiger partial charge in [0.05, 0.1) is 17.7 Å². The first kappa shape index (κ1) is 26.8. The van der Waals surface area contributed by atoms with Gasteiger partial charge in [0.2, 0.25) is 10.7 Å². The van der Waals surface area contributed by atoms with Gasteiger partial charge in [0.1, 0.15) is 0 Å². The number of hydrogen-bond donors (Lipinski definition) is 1. The summed E-state index contributed by atoms with van der Waals surface area (Å²) < 4.78 is 4.88. The summed E-state index contributed by atoms with van der Waals surface area (Å²) in [5, 5.41) is 14.3. The van der Waals surface area contributed by atoms with E-state index in [4.69, 9.17) is 33.0 Å². The van der Waals surface area contributed by atoms with E-state index in [0.29, 0.717) is 21.7 Å². The molecule has 4 rings (SSSR count). The number of thiazole rings is 2. The fraction of sp³-hybridized carbons (Fsp3) is 0.0909. The molecule has 0 aliphatic carbocycles. The molecule has 0 atom stereocenters. The number of H-pyrrole nitrogens is 1. The fourth-order valence-corrected chi connectivity index (χ4v) is 4.16. The van der Waals surface area contributed by atoms with Crippen LogP contribution in [0.25, 0.3) is 22.5 Å². The Morgan fingerprint density at radius 2 is 1.55 bits per heavy atom. The van der Waals surface area contributed by atoms with Crippen molar-refractivity contribution in [2.75, 3.05) is 6.61 Å². The molecule has 0 spiro atoms. The molecule has 2 aromatic carbocycles. The van der Waals surface area contributed by atoms with Gasteiger partial charge in [-0.3, -0.25) is 0 Å². The number of carboxylic acids is 1. The fourth-order valence-electron chi connectivity index (χ4n) is 2.49. The van der Waals surface area contributed by atoms with Gasteiger partial charge in [-0.05, 0) is 43.3 Å². The second-order valence-corrected chi connectivity index (χ2v) is 8.79. The van der Waals surface area contributed by atoms with Crippen LogP contribution in [0.3, 0.4) is 0 Å². The predicted octanol–water partition coefficient (Wildman–Crippen LogP) is 3.23. The van der Waals surface area contributed by atoms with Crippen molar-refractivity contribution in [1.29, 1.82) is 0 Å². The van der Waals surface area contributed by atoms with E-state index in [1.54, 1.807) is 36.6 Å². The third kappa shape index (κ3) is 7.52. The molecule has 6 nitrogen and oxygen atoms in total. The van der Waals surface area contributed by atoms with Crippen molar-refractivity contribution < 1.29 is 36.8 Å². The molecule has 2 N–H and O–H groups in total. The smallest absolute Gasteiger partial charge is 0.412 e. The van der Waals surface area contributed by atoms with E-state index in [9.17, 15) is 9.59 Å². The van der Waals surface area contributed by atoms with Gasteiger partial charge < -0.3 is 22.3 Å². The van der Waals surface area contributed by atoms with E-state index >= 15 is 0 Å². The van der Waals surface area contributed by atoms with E-state index < -0.39 is 5.97 Å². The highest BCUT2D eigenvalue weighted by atomic mass is 35.5. The normalized spacial score (nSPS) is 9.91. The molecule has 4 aromatic rings. The molecule has 2 heterocycles. The first-order valence-electron chi connectivity index (χ1n) is 9.26. The van der Waals surface area contributed by atoms with E-state index in [-0.39, 0.29) is 23.4 Å². The largest absolute Gasteiger partial charge is 1.00 e. The predicted molar refractivity (Wildman–Crippen MR) is 127 cm³/mol. The number of ether oxygens (including phenoxy) is 1. The molecule has 0 unspecified atom stereocenters. The number of carbonyl (C=O) groups is 2. The number of aromatic nitrogens is 2. The number of aromatic amines is 1. The molecule has 0 aliphatic rings. The van der Waals surface area contributed by atoms with Gasteiger partial charge in [-0.1, -0.05) is 46.7 Å². The Morgan fingerprint density at radius 3 is 2.06 bits per heavy atom. The zero-order chi connectivity index (χ0) is 23.1. The SMILES string of the molecule is CCOC(=O)c1nc(-c2ccc(Cl)cc2)cs1.O=C(O)c1[nH+]c(-c2ccc(Cl)cc2)cs1.[Cl-]. The second-order valence-electron chi connectivity index (χ2n) is 6.18. The van der Waals surface area contributed by atoms with Crippen LogP contribution in [0.2, 0.25) is 10.0 Å². The van der Waals surface area contributed by atoms with Crippen molar-refractivity contribution in [2.45, 2.75) is 6.92 Å². The molecule has 0 amide bonds. The topological polar surface area (TPSA) is 90.6 Å². The summed E-state index contributed by atoms with van der Waals surface area (Å²) >= 11 is 14.0. The molecule has 0 bridgehead atoms. The first-order valence-corrected chi connectivity index (χ1v) is 11.8. The van der Waals surface area contributed by atoms with Gasteiger partial charge in [0, 0.05) is 26.6 Å². The standard InChI is InChI=1S/C12H10ClNO2S.C10H6ClNO2S.ClH/c1-2-16-12(15)11-14-10(7-17-11)8-3-5-9(13)6-4-8;11-7-3-1-6(2-4-7)8-5-15-9(12-8)10(13)14;/h3-7H,2H2,1H3;1-5H,(H,13,14);1H. The maximum Gasteiger partial charge on any atom is 0.412 e. The van der Waals surface area contributed by atoms with Crippen LogP contribution in [-0.2, 0) is 4.74 Å². The Kier molecular flexibility index (Phi) is 10.3. The Hall–Kier alpha value is -2.49. The van der Waals surface area contributed by atoms with E-state index in [1.807, 2.05) is 29.6 Å². The van der Waals surface area contributed by atoms with Crippen molar-refractivity contribution in [3.8, 4) is 22.5 Å². The molecular formula is C22H17Cl3N2O4S2. The van der Waals surface area contributed by atoms with Crippen molar-refractivity contribution >= 4 is 57.8 Å². The number of carboxylic acid groups (broad SMARTS) is 1. The molecule has 172 valence electrons. The molecular weight excluding hydrogens is 527 g/mol. The second kappa shape index (κ2) is 12.7. The summed E-state index contributed by atoms with van der Waals surface area (Å²) in [6.45, 7) is 2.13. The van der Waals surface area contributed by atoms with E-state index in [0.717, 1.165) is 22.5 Å². The van der Waals surface area contributed by atoms with Gasteiger partial charge in [0.15, 0.2) is 0 Å². The van der Waals surface area contributed by atoms with Gasteiger partial charge in [0.25, 0.3) is 0 Å². The van der Waals surface area contributed by atoms with Crippen LogP contribution in [-0.4, -0.2) is 28.6 Å². The monoisotopic (exact) mass is 542 g/mol. The Labute approximate surface area is 214 Å². The highest BCUT2D eigenvalue weighted by Crippen LogP contribution is 2.24. The van der Waals surface area contributed by atoms with Crippen LogP contribution in [0.5, 0.6) is 0 Å². The van der Waals surface area contributed by atoms with Crippen LogP contribution in [0.4, 0.5) is 0 Å². The van der Waals surface area contributed by atoms with Gasteiger partial charge >= 0.3 is 16.9 Å². The molecule has 0 saturated carbocycles. The Balaban J connectivity index is 0.000000228. The van der Waals surface area contributed by atoms with Crippen LogP contribution in [0, 0.1) is 0 Å². The lowest BCUT2D eigenvalue weighted by molar-refractivity contribution is -0.362. The molecule has 0 saturated heterocycles. The van der Waals surface area contributed by atoms with Crippen LogP contribution < -0.4 is 17.4 Å². The number of rotatable bonds is 5. The van der Waals surface area contributed by atoms with Crippen molar-refractivity contribution in [3.05, 3.63) is 79.4 Å². The average molecular weight is 544 g/mol. The minimum Gasteiger partial charge on any atom is -1.00 e. The summed E-state index contributed by atoms with van der Waals surface area (Å²) in [6, 6.07) is 14.5. The van der Waals surface area contributed by atoms with Crippen LogP contribution >= 0.6 is 45.9 Å². The first-order chi connectivity index (χ1) is 15.4. The minimum absolute atomic E-state index is 0. The number of esters is 1. The molecule has 2 aromatic heterocycles. The summed E-state index contributed by atoms with van der Waals surface area (Å²) in [5.41, 5.74) is 3.40. The summed E-state index contributed by atoms with van der Waals surface area (Å²) in [4.78, 5) is 29.2. The van der Waals surface area contributed by atoms with Gasteiger partial charge in [-0.2, -0.15) is 4.98 Å². The van der Waals surface area contributed by atoms with Crippen LogP contribution in [0.1, 0.15) is 26.5 Å². The minimum atomic E-state index is -0.944. The quantitative estimate of drug-likeness (QED) is 0.390. The number of nitrogens with zero attached hydrogens (tertiary/aromatic N) is 1. The lowest BCUT2D eigenvalue weighted by atomic mass is 10.2. The number of benzene rings is 2. The Morgan fingerprint density at radius 1 is 0.970 bits per heavy atom. The van der Waals surface area contributed by atoms with E-state index in [1.165, 1.54) is 22.7 Å². The highest BCUT2D eigenvalue weighted by molar-refractivity contribution is 7.12. The third-order valence-corrected chi connectivity index (χ3v) is 6.18. The van der Waals surface area contributed by atoms with Crippen molar-refractivity contribution in [3.63, 3.8) is 0 Å². The molecule has 0 radical (unpaired) electrons. The van der Waals surface area contributed by atoms with Crippen LogP contribution in [0.15, 0.2) is 59.3 Å². The number of halogens is 3. The lowest BCUT2D eigenvalue weighted by Gasteiger charge is -1.97. The summed E-state index contributed by atoms with van der Waals surface area (Å²) in [5.74, 6) is -1.32. The molecule has 0 aliphatic heterocycles. The number of hydrogen-bond acceptors (Lipinski definition) is 6. The maximum atomic E-state index is 11.4. The summed E-state index contributed by atoms with van der Waals surface area (Å²) in [7, 11) is 0. The summed E-state index contributed by atoms with van der Waals surface area (Å²) in [6.07, 6.45) is 0. The number of carbonyl (C=O) groups excluding carboxylic acids is 1. The van der Waals surface area contributed by atoms with E-state index in [2.05, 4.69) is 9.97 Å². The zero-order valence-corrected chi connectivity index (χ0v) is 21.0. The molecule has 33 heavy (non-hydrogen) atoms. The van der Waals surface area contributed by atoms with Crippen molar-refractivity contribution in [1.82, 2.24) is 4.98 Å². The number of aromatic carboxylic acids is 1. The average Bonchev–Trinajstić information content (AvgIpc) is 3.46. The highest BCUT2D eigenvalue weighted by Gasteiger charge is 2.17. The Bertz CT molecular complexity index is 1210. The number of nitrogens with one attached hydrogen (secondary N) is 1. The molecule has 0 fully saturated rings. The molecule has 11 heteroatoms. The third-order valence-electron chi connectivity index (χ3n) is 3.99. The maximum absolute atomic E-state index is 11.4. The van der Waals surface area contributed by atoms with Gasteiger partial charge in [-0.25, -0.2) is 14.6 Å². The lowest BCUT2D eigenvalue weighted by Crippen LogP contribution is -3.00.